The summed E-state index contributed by atoms with van der Waals surface area (Å²) in [5.41, 5.74) is 3.12. The molecule has 0 amide bonds. The van der Waals surface area contributed by atoms with Crippen LogP contribution in [0, 0.1) is 18.6 Å². The van der Waals surface area contributed by atoms with Gasteiger partial charge in [0.1, 0.15) is 24.0 Å². The van der Waals surface area contributed by atoms with Gasteiger partial charge in [0.2, 0.25) is 0 Å². The first-order chi connectivity index (χ1) is 15.7. The summed E-state index contributed by atoms with van der Waals surface area (Å²) in [5.74, 6) is -1.95. The monoisotopic (exact) mass is 531 g/mol. The first-order valence-electron chi connectivity index (χ1n) is 9.82. The first kappa shape index (κ1) is 23.0. The zero-order valence-corrected chi connectivity index (χ0v) is 19.6. The molecule has 0 aliphatic carbocycles. The Morgan fingerprint density at radius 3 is 2.58 bits per heavy atom. The third kappa shape index (κ3) is 4.94. The highest BCUT2D eigenvalue weighted by molar-refractivity contribution is 9.10. The Hall–Kier alpha value is -3.16. The minimum atomic E-state index is -1.09. The standard InChI is InChI=1S/C25H17BrClF2NO3/c1-14-2-6-23(30(14)20-9-16(25(31)32)8-18(27)11-20)21-10-17(26)4-7-24(21)33-13-15-3-5-19(28)12-22(15)29/h2-12H,13H2,1H3,(H,31,32). The molecular weight excluding hydrogens is 516 g/mol. The van der Waals surface area contributed by atoms with Crippen LogP contribution < -0.4 is 4.74 Å². The van der Waals surface area contributed by atoms with Crippen LogP contribution in [0.2, 0.25) is 5.02 Å². The molecule has 0 fully saturated rings. The van der Waals surface area contributed by atoms with Gasteiger partial charge in [0.25, 0.3) is 0 Å². The van der Waals surface area contributed by atoms with E-state index in [1.807, 2.05) is 29.7 Å². The summed E-state index contributed by atoms with van der Waals surface area (Å²) >= 11 is 9.66. The van der Waals surface area contributed by atoms with Crippen LogP contribution in [-0.2, 0) is 6.61 Å². The van der Waals surface area contributed by atoms with Gasteiger partial charge in [0.15, 0.2) is 0 Å². The van der Waals surface area contributed by atoms with Crippen molar-refractivity contribution < 1.29 is 23.4 Å². The van der Waals surface area contributed by atoms with Crippen LogP contribution in [-0.4, -0.2) is 15.6 Å². The summed E-state index contributed by atoms with van der Waals surface area (Å²) in [6.45, 7) is 1.79. The van der Waals surface area contributed by atoms with Crippen LogP contribution in [0.4, 0.5) is 8.78 Å². The Balaban J connectivity index is 1.78. The Kier molecular flexibility index (Phi) is 6.54. The quantitative estimate of drug-likeness (QED) is 0.281. The van der Waals surface area contributed by atoms with Gasteiger partial charge in [0.05, 0.1) is 11.3 Å². The average molecular weight is 533 g/mol. The van der Waals surface area contributed by atoms with E-state index in [4.69, 9.17) is 16.3 Å². The normalized spacial score (nSPS) is 10.9. The van der Waals surface area contributed by atoms with Crippen molar-refractivity contribution in [1.82, 2.24) is 4.57 Å². The number of carbonyl (C=O) groups is 1. The number of carboxylic acids is 1. The molecule has 4 nitrogen and oxygen atoms in total. The lowest BCUT2D eigenvalue weighted by atomic mass is 10.1. The number of nitrogens with zero attached hydrogens (tertiary/aromatic N) is 1. The number of ether oxygens (including phenoxy) is 1. The Morgan fingerprint density at radius 1 is 1.06 bits per heavy atom. The fraction of sp³-hybridized carbons (Fsp3) is 0.0800. The van der Waals surface area contributed by atoms with Crippen molar-refractivity contribution in [2.75, 3.05) is 0 Å². The molecule has 0 radical (unpaired) electrons. The molecule has 0 bridgehead atoms. The van der Waals surface area contributed by atoms with E-state index in [0.717, 1.165) is 21.9 Å². The zero-order chi connectivity index (χ0) is 23.7. The predicted octanol–water partition coefficient (Wildman–Crippen LogP) is 7.42. The molecule has 4 rings (SSSR count). The molecule has 0 aliphatic heterocycles. The lowest BCUT2D eigenvalue weighted by molar-refractivity contribution is 0.0697. The highest BCUT2D eigenvalue weighted by atomic mass is 79.9. The second-order valence-electron chi connectivity index (χ2n) is 7.36. The van der Waals surface area contributed by atoms with Crippen molar-refractivity contribution in [2.45, 2.75) is 13.5 Å². The first-order valence-corrected chi connectivity index (χ1v) is 11.0. The molecule has 3 aromatic carbocycles. The summed E-state index contributed by atoms with van der Waals surface area (Å²) in [5, 5.41) is 9.73. The summed E-state index contributed by atoms with van der Waals surface area (Å²) in [6.07, 6.45) is 0. The lowest BCUT2D eigenvalue weighted by Crippen LogP contribution is -2.04. The zero-order valence-electron chi connectivity index (χ0n) is 17.3. The fourth-order valence-electron chi connectivity index (χ4n) is 3.54. The molecule has 0 aliphatic rings. The SMILES string of the molecule is Cc1ccc(-c2cc(Br)ccc2OCc2ccc(F)cc2F)n1-c1cc(Cl)cc(C(=O)O)c1. The molecule has 1 heterocycles. The second-order valence-corrected chi connectivity index (χ2v) is 8.72. The molecular formula is C25H17BrClF2NO3. The van der Waals surface area contributed by atoms with Crippen molar-refractivity contribution in [3.63, 3.8) is 0 Å². The molecule has 168 valence electrons. The van der Waals surface area contributed by atoms with E-state index in [-0.39, 0.29) is 17.7 Å². The maximum absolute atomic E-state index is 14.1. The van der Waals surface area contributed by atoms with Crippen LogP contribution in [0.15, 0.2) is 71.2 Å². The van der Waals surface area contributed by atoms with Crippen molar-refractivity contribution in [2.24, 2.45) is 0 Å². The second kappa shape index (κ2) is 9.37. The van der Waals surface area contributed by atoms with Gasteiger partial charge < -0.3 is 14.4 Å². The van der Waals surface area contributed by atoms with Crippen LogP contribution in [0.25, 0.3) is 16.9 Å². The molecule has 4 aromatic rings. The van der Waals surface area contributed by atoms with Crippen LogP contribution in [0.1, 0.15) is 21.6 Å². The number of benzene rings is 3. The number of aromatic carboxylic acids is 1. The largest absolute Gasteiger partial charge is 0.488 e. The van der Waals surface area contributed by atoms with Gasteiger partial charge in [-0.15, -0.1) is 0 Å². The number of hydrogen-bond acceptors (Lipinski definition) is 2. The molecule has 1 N–H and O–H groups in total. The molecule has 0 saturated carbocycles. The number of halogens is 4. The third-order valence-corrected chi connectivity index (χ3v) is 5.79. The van der Waals surface area contributed by atoms with E-state index in [9.17, 15) is 18.7 Å². The van der Waals surface area contributed by atoms with E-state index < -0.39 is 17.6 Å². The van der Waals surface area contributed by atoms with Gasteiger partial charge in [0, 0.05) is 38.1 Å². The maximum Gasteiger partial charge on any atom is 0.335 e. The third-order valence-electron chi connectivity index (χ3n) is 5.08. The van der Waals surface area contributed by atoms with Gasteiger partial charge in [-0.2, -0.15) is 0 Å². The number of aryl methyl sites for hydroxylation is 1. The maximum atomic E-state index is 14.1. The Morgan fingerprint density at radius 2 is 1.85 bits per heavy atom. The van der Waals surface area contributed by atoms with Crippen molar-refractivity contribution in [3.05, 3.63) is 105 Å². The highest BCUT2D eigenvalue weighted by Crippen LogP contribution is 2.36. The van der Waals surface area contributed by atoms with Gasteiger partial charge >= 0.3 is 5.97 Å². The number of hydrogen-bond donors (Lipinski definition) is 1. The Bertz CT molecular complexity index is 1370. The molecule has 1 aromatic heterocycles. The van der Waals surface area contributed by atoms with Gasteiger partial charge in [-0.25, -0.2) is 13.6 Å². The summed E-state index contributed by atoms with van der Waals surface area (Å²) < 4.78 is 35.9. The van der Waals surface area contributed by atoms with E-state index in [1.54, 1.807) is 18.2 Å². The minimum absolute atomic E-state index is 0.0639. The van der Waals surface area contributed by atoms with E-state index in [1.165, 1.54) is 24.3 Å². The van der Waals surface area contributed by atoms with E-state index in [0.29, 0.717) is 22.0 Å². The van der Waals surface area contributed by atoms with Crippen LogP contribution in [0.5, 0.6) is 5.75 Å². The van der Waals surface area contributed by atoms with Crippen molar-refractivity contribution >= 4 is 33.5 Å². The van der Waals surface area contributed by atoms with E-state index in [2.05, 4.69) is 15.9 Å². The molecule has 0 atom stereocenters. The van der Waals surface area contributed by atoms with Crippen molar-refractivity contribution in [3.8, 4) is 22.7 Å². The van der Waals surface area contributed by atoms with E-state index >= 15 is 0 Å². The highest BCUT2D eigenvalue weighted by Gasteiger charge is 2.17. The summed E-state index contributed by atoms with van der Waals surface area (Å²) in [4.78, 5) is 11.5. The number of aromatic nitrogens is 1. The number of rotatable bonds is 6. The smallest absolute Gasteiger partial charge is 0.335 e. The van der Waals surface area contributed by atoms with Crippen LogP contribution >= 0.6 is 27.5 Å². The topological polar surface area (TPSA) is 51.5 Å². The molecule has 8 heteroatoms. The summed E-state index contributed by atoms with van der Waals surface area (Å²) in [6, 6.07) is 17.1. The molecule has 0 saturated heterocycles. The van der Waals surface area contributed by atoms with Crippen molar-refractivity contribution in [1.29, 1.82) is 0 Å². The van der Waals surface area contributed by atoms with Crippen LogP contribution in [0.3, 0.4) is 0 Å². The minimum Gasteiger partial charge on any atom is -0.488 e. The summed E-state index contributed by atoms with van der Waals surface area (Å²) in [7, 11) is 0. The van der Waals surface area contributed by atoms with Gasteiger partial charge in [-0.1, -0.05) is 27.5 Å². The number of carboxylic acid groups (broad SMARTS) is 1. The predicted molar refractivity (Wildman–Crippen MR) is 126 cm³/mol. The molecule has 0 unspecified atom stereocenters. The lowest BCUT2D eigenvalue weighted by Gasteiger charge is -2.17. The Labute approximate surface area is 202 Å². The fourth-order valence-corrected chi connectivity index (χ4v) is 4.13. The average Bonchev–Trinajstić information content (AvgIpc) is 3.14. The molecule has 0 spiro atoms. The van der Waals surface area contributed by atoms with Gasteiger partial charge in [-0.05, 0) is 67.6 Å². The molecule has 33 heavy (non-hydrogen) atoms. The van der Waals surface area contributed by atoms with Gasteiger partial charge in [-0.3, -0.25) is 0 Å².